The van der Waals surface area contributed by atoms with Crippen molar-refractivity contribution in [2.75, 3.05) is 12.4 Å². The Balaban J connectivity index is 2.88. The number of hydrogen-bond donors (Lipinski definition) is 1. The fraction of sp³-hybridized carbons (Fsp3) is 0.300. The first-order valence-corrected chi connectivity index (χ1v) is 4.58. The summed E-state index contributed by atoms with van der Waals surface area (Å²) in [5, 5.41) is 1.47. The first-order chi connectivity index (χ1) is 8.18. The van der Waals surface area contributed by atoms with E-state index in [0.717, 1.165) is 12.1 Å². The van der Waals surface area contributed by atoms with Crippen molar-refractivity contribution < 1.29 is 31.5 Å². The number of nitrogens with one attached hydrogen (secondary N) is 1. The van der Waals surface area contributed by atoms with Gasteiger partial charge in [-0.3, -0.25) is 4.79 Å². The molecule has 100 valence electrons. The average Bonchev–Trinajstić information content (AvgIpc) is 2.27. The molecule has 0 aliphatic heterocycles. The standard InChI is InChI=1S/C10H8F5NO2/c1-18-7-4-2-3-6(5-7)16-8(17)9(11,12)10(13,14)15/h2-5H,1H3,(H,16,17). The molecular formula is C10H8F5NO2. The summed E-state index contributed by atoms with van der Waals surface area (Å²) < 4.78 is 65.7. The molecule has 1 N–H and O–H groups in total. The normalized spacial score (nSPS) is 12.1. The molecule has 0 radical (unpaired) electrons. The summed E-state index contributed by atoms with van der Waals surface area (Å²) in [4.78, 5) is 10.9. The van der Waals surface area contributed by atoms with Gasteiger partial charge in [-0.15, -0.1) is 0 Å². The quantitative estimate of drug-likeness (QED) is 0.857. The third-order valence-corrected chi connectivity index (χ3v) is 1.97. The molecule has 0 saturated carbocycles. The van der Waals surface area contributed by atoms with Crippen LogP contribution in [0.25, 0.3) is 0 Å². The van der Waals surface area contributed by atoms with Crippen molar-refractivity contribution in [2.45, 2.75) is 12.1 Å². The second kappa shape index (κ2) is 4.79. The van der Waals surface area contributed by atoms with Gasteiger partial charge in [0.05, 0.1) is 7.11 Å². The van der Waals surface area contributed by atoms with Crippen LogP contribution in [0.5, 0.6) is 5.75 Å². The smallest absolute Gasteiger partial charge is 0.463 e. The van der Waals surface area contributed by atoms with Crippen LogP contribution in [0.1, 0.15) is 0 Å². The molecule has 0 spiro atoms. The number of benzene rings is 1. The van der Waals surface area contributed by atoms with Crippen LogP contribution in [-0.4, -0.2) is 25.1 Å². The minimum atomic E-state index is -5.93. The molecule has 8 heteroatoms. The molecule has 0 unspecified atom stereocenters. The number of anilines is 1. The van der Waals surface area contributed by atoms with Crippen LogP contribution in [0.15, 0.2) is 24.3 Å². The summed E-state index contributed by atoms with van der Waals surface area (Å²) in [7, 11) is 1.28. The van der Waals surface area contributed by atoms with Crippen molar-refractivity contribution in [3.05, 3.63) is 24.3 Å². The van der Waals surface area contributed by atoms with Crippen molar-refractivity contribution in [1.82, 2.24) is 0 Å². The van der Waals surface area contributed by atoms with E-state index in [2.05, 4.69) is 0 Å². The average molecular weight is 269 g/mol. The zero-order chi connectivity index (χ0) is 14.0. The maximum absolute atomic E-state index is 12.6. The van der Waals surface area contributed by atoms with Crippen LogP contribution < -0.4 is 10.1 Å². The molecule has 0 saturated heterocycles. The zero-order valence-electron chi connectivity index (χ0n) is 9.02. The lowest BCUT2D eigenvalue weighted by molar-refractivity contribution is -0.267. The molecular weight excluding hydrogens is 261 g/mol. The Morgan fingerprint density at radius 2 is 1.83 bits per heavy atom. The monoisotopic (exact) mass is 269 g/mol. The van der Waals surface area contributed by atoms with E-state index < -0.39 is 18.0 Å². The van der Waals surface area contributed by atoms with E-state index in [1.807, 2.05) is 0 Å². The minimum absolute atomic E-state index is 0.211. The number of ether oxygens (including phenoxy) is 1. The number of hydrogen-bond acceptors (Lipinski definition) is 2. The predicted octanol–water partition coefficient (Wildman–Crippen LogP) is 2.83. The van der Waals surface area contributed by atoms with E-state index in [9.17, 15) is 26.7 Å². The van der Waals surface area contributed by atoms with Gasteiger partial charge in [-0.25, -0.2) is 0 Å². The summed E-state index contributed by atoms with van der Waals surface area (Å²) in [6, 6.07) is 5.05. The van der Waals surface area contributed by atoms with E-state index in [-0.39, 0.29) is 11.4 Å². The third kappa shape index (κ3) is 2.88. The number of rotatable bonds is 3. The van der Waals surface area contributed by atoms with Gasteiger partial charge in [0.1, 0.15) is 5.75 Å². The van der Waals surface area contributed by atoms with Crippen molar-refractivity contribution in [3.63, 3.8) is 0 Å². The summed E-state index contributed by atoms with van der Waals surface area (Å²) >= 11 is 0. The predicted molar refractivity (Wildman–Crippen MR) is 52.6 cm³/mol. The Morgan fingerprint density at radius 3 is 2.33 bits per heavy atom. The van der Waals surface area contributed by atoms with Gasteiger partial charge < -0.3 is 10.1 Å². The lowest BCUT2D eigenvalue weighted by Crippen LogP contribution is -2.47. The third-order valence-electron chi connectivity index (χ3n) is 1.97. The van der Waals surface area contributed by atoms with Gasteiger partial charge >= 0.3 is 18.0 Å². The Bertz CT molecular complexity index is 444. The van der Waals surface area contributed by atoms with Crippen LogP contribution in [0.3, 0.4) is 0 Å². The number of alkyl halides is 5. The molecule has 0 atom stereocenters. The molecule has 0 aliphatic rings. The largest absolute Gasteiger partial charge is 0.497 e. The van der Waals surface area contributed by atoms with Crippen LogP contribution in [0.4, 0.5) is 27.6 Å². The van der Waals surface area contributed by atoms with Gasteiger partial charge in [0.2, 0.25) is 0 Å². The van der Waals surface area contributed by atoms with Gasteiger partial charge in [-0.2, -0.15) is 22.0 Å². The minimum Gasteiger partial charge on any atom is -0.497 e. The maximum Gasteiger partial charge on any atom is 0.463 e. The highest BCUT2D eigenvalue weighted by Gasteiger charge is 2.63. The van der Waals surface area contributed by atoms with E-state index in [4.69, 9.17) is 4.74 Å². The Hall–Kier alpha value is -1.86. The van der Waals surface area contributed by atoms with Gasteiger partial charge in [-0.1, -0.05) is 6.07 Å². The topological polar surface area (TPSA) is 38.3 Å². The summed E-state index contributed by atoms with van der Waals surface area (Å²) in [5.41, 5.74) is -0.219. The highest BCUT2D eigenvalue weighted by Crippen LogP contribution is 2.36. The summed E-state index contributed by atoms with van der Waals surface area (Å²) in [5.74, 6) is -7.68. The number of halogens is 5. The van der Waals surface area contributed by atoms with Crippen LogP contribution in [0.2, 0.25) is 0 Å². The Morgan fingerprint density at radius 1 is 1.22 bits per heavy atom. The molecule has 1 aromatic carbocycles. The number of amides is 1. The molecule has 1 amide bonds. The zero-order valence-corrected chi connectivity index (χ0v) is 9.02. The van der Waals surface area contributed by atoms with Gasteiger partial charge in [-0.05, 0) is 12.1 Å². The van der Waals surface area contributed by atoms with E-state index in [0.29, 0.717) is 0 Å². The summed E-state index contributed by atoms with van der Waals surface area (Å²) in [6.45, 7) is 0. The van der Waals surface area contributed by atoms with Gasteiger partial charge in [0.15, 0.2) is 0 Å². The van der Waals surface area contributed by atoms with E-state index in [1.165, 1.54) is 24.6 Å². The lowest BCUT2D eigenvalue weighted by atomic mass is 10.2. The Kier molecular flexibility index (Phi) is 3.78. The van der Waals surface area contributed by atoms with Crippen molar-refractivity contribution in [1.29, 1.82) is 0 Å². The molecule has 0 aromatic heterocycles. The Labute approximate surface area is 98.5 Å². The molecule has 3 nitrogen and oxygen atoms in total. The lowest BCUT2D eigenvalue weighted by Gasteiger charge is -2.18. The highest BCUT2D eigenvalue weighted by atomic mass is 19.4. The molecule has 1 rings (SSSR count). The number of carbonyl (C=O) groups excluding carboxylic acids is 1. The molecule has 0 bridgehead atoms. The fourth-order valence-electron chi connectivity index (χ4n) is 1.04. The highest BCUT2D eigenvalue weighted by molar-refractivity contribution is 5.96. The second-order valence-corrected chi connectivity index (χ2v) is 3.26. The van der Waals surface area contributed by atoms with Crippen molar-refractivity contribution in [3.8, 4) is 5.75 Å². The molecule has 0 fully saturated rings. The van der Waals surface area contributed by atoms with Crippen LogP contribution in [0, 0.1) is 0 Å². The first kappa shape index (κ1) is 14.2. The maximum atomic E-state index is 12.6. The first-order valence-electron chi connectivity index (χ1n) is 4.58. The number of methoxy groups -OCH3 is 1. The molecule has 1 aromatic rings. The van der Waals surface area contributed by atoms with Gasteiger partial charge in [0.25, 0.3) is 0 Å². The van der Waals surface area contributed by atoms with Crippen molar-refractivity contribution in [2.24, 2.45) is 0 Å². The van der Waals surface area contributed by atoms with Crippen molar-refractivity contribution >= 4 is 11.6 Å². The molecule has 18 heavy (non-hydrogen) atoms. The van der Waals surface area contributed by atoms with Crippen LogP contribution in [-0.2, 0) is 4.79 Å². The van der Waals surface area contributed by atoms with Crippen LogP contribution >= 0.6 is 0 Å². The molecule has 0 aliphatic carbocycles. The number of carbonyl (C=O) groups is 1. The SMILES string of the molecule is COc1cccc(NC(=O)C(F)(F)C(F)(F)F)c1. The second-order valence-electron chi connectivity index (χ2n) is 3.26. The van der Waals surface area contributed by atoms with Gasteiger partial charge in [0, 0.05) is 11.8 Å². The molecule has 0 heterocycles. The summed E-state index contributed by atoms with van der Waals surface area (Å²) in [6.07, 6.45) is -5.93. The fourth-order valence-corrected chi connectivity index (χ4v) is 1.04. The van der Waals surface area contributed by atoms with E-state index >= 15 is 0 Å². The van der Waals surface area contributed by atoms with E-state index in [1.54, 1.807) is 0 Å².